The zero-order valence-corrected chi connectivity index (χ0v) is 16.6. The molecule has 0 spiro atoms. The number of hydrogen-bond donors (Lipinski definition) is 3. The van der Waals surface area contributed by atoms with Gasteiger partial charge in [-0.15, -0.1) is 0 Å². The van der Waals surface area contributed by atoms with Gasteiger partial charge in [-0.2, -0.15) is 0 Å². The first-order chi connectivity index (χ1) is 13.0. The van der Waals surface area contributed by atoms with Crippen molar-refractivity contribution in [3.05, 3.63) is 58.6 Å². The van der Waals surface area contributed by atoms with Crippen molar-refractivity contribution >= 4 is 29.2 Å². The summed E-state index contributed by atoms with van der Waals surface area (Å²) in [5.74, 6) is 1.18. The molecule has 0 radical (unpaired) electrons. The van der Waals surface area contributed by atoms with Crippen molar-refractivity contribution in [2.45, 2.75) is 26.9 Å². The van der Waals surface area contributed by atoms with Crippen molar-refractivity contribution in [3.8, 4) is 5.75 Å². The highest BCUT2D eigenvalue weighted by molar-refractivity contribution is 6.30. The van der Waals surface area contributed by atoms with Gasteiger partial charge in [-0.25, -0.2) is 4.99 Å². The van der Waals surface area contributed by atoms with E-state index in [9.17, 15) is 4.79 Å². The Morgan fingerprint density at radius 3 is 2.63 bits per heavy atom. The summed E-state index contributed by atoms with van der Waals surface area (Å²) in [6.07, 6.45) is 0. The molecule has 144 valence electrons. The number of methoxy groups -OCH3 is 1. The topological polar surface area (TPSA) is 74.8 Å². The van der Waals surface area contributed by atoms with Crippen LogP contribution in [0.4, 0.5) is 5.69 Å². The molecular weight excluding hydrogens is 364 g/mol. The number of nitrogens with one attached hydrogen (secondary N) is 3. The Kier molecular flexibility index (Phi) is 7.95. The van der Waals surface area contributed by atoms with E-state index >= 15 is 0 Å². The third-order valence-electron chi connectivity index (χ3n) is 3.69. The minimum Gasteiger partial charge on any atom is -0.495 e. The molecule has 0 aromatic heterocycles. The SMILES string of the molecule is CCNC(=NCc1cccc(Cl)c1)NCc1ccc(OC)c(NC(C)=O)c1. The van der Waals surface area contributed by atoms with Crippen LogP contribution in [0.3, 0.4) is 0 Å². The molecule has 6 nitrogen and oxygen atoms in total. The minimum absolute atomic E-state index is 0.144. The molecule has 0 bridgehead atoms. The van der Waals surface area contributed by atoms with Crippen molar-refractivity contribution in [2.24, 2.45) is 4.99 Å². The molecule has 2 aromatic carbocycles. The number of carbonyl (C=O) groups excluding carboxylic acids is 1. The fraction of sp³-hybridized carbons (Fsp3) is 0.300. The van der Waals surface area contributed by atoms with Crippen LogP contribution in [0.1, 0.15) is 25.0 Å². The number of anilines is 1. The lowest BCUT2D eigenvalue weighted by Gasteiger charge is -2.14. The Morgan fingerprint density at radius 2 is 1.96 bits per heavy atom. The fourth-order valence-corrected chi connectivity index (χ4v) is 2.70. The van der Waals surface area contributed by atoms with Crippen molar-refractivity contribution in [1.29, 1.82) is 0 Å². The van der Waals surface area contributed by atoms with Crippen LogP contribution in [0.2, 0.25) is 5.02 Å². The van der Waals surface area contributed by atoms with E-state index in [1.54, 1.807) is 7.11 Å². The summed E-state index contributed by atoms with van der Waals surface area (Å²) in [7, 11) is 1.57. The number of halogens is 1. The number of hydrogen-bond acceptors (Lipinski definition) is 3. The summed E-state index contributed by atoms with van der Waals surface area (Å²) < 4.78 is 5.28. The summed E-state index contributed by atoms with van der Waals surface area (Å²) in [4.78, 5) is 16.0. The quantitative estimate of drug-likeness (QED) is 0.500. The molecular formula is C20H25ClN4O2. The molecule has 0 fully saturated rings. The number of amides is 1. The number of guanidine groups is 1. The van der Waals surface area contributed by atoms with Crippen LogP contribution in [0.15, 0.2) is 47.5 Å². The van der Waals surface area contributed by atoms with E-state index in [1.165, 1.54) is 6.92 Å². The number of rotatable bonds is 7. The first kappa shape index (κ1) is 20.6. The Bertz CT molecular complexity index is 808. The number of nitrogens with zero attached hydrogens (tertiary/aromatic N) is 1. The van der Waals surface area contributed by atoms with E-state index in [4.69, 9.17) is 16.3 Å². The summed E-state index contributed by atoms with van der Waals surface area (Å²) >= 11 is 6.02. The molecule has 27 heavy (non-hydrogen) atoms. The van der Waals surface area contributed by atoms with Crippen LogP contribution in [0.5, 0.6) is 5.75 Å². The van der Waals surface area contributed by atoms with Crippen LogP contribution in [-0.2, 0) is 17.9 Å². The molecule has 0 atom stereocenters. The Hall–Kier alpha value is -2.73. The first-order valence-electron chi connectivity index (χ1n) is 8.73. The lowest BCUT2D eigenvalue weighted by atomic mass is 10.2. The second kappa shape index (κ2) is 10.4. The molecule has 3 N–H and O–H groups in total. The van der Waals surface area contributed by atoms with Gasteiger partial charge in [-0.3, -0.25) is 4.79 Å². The first-order valence-corrected chi connectivity index (χ1v) is 9.10. The highest BCUT2D eigenvalue weighted by Gasteiger charge is 2.07. The van der Waals surface area contributed by atoms with Crippen LogP contribution in [0.25, 0.3) is 0 Å². The van der Waals surface area contributed by atoms with E-state index < -0.39 is 0 Å². The predicted octanol–water partition coefficient (Wildman–Crippen LogP) is 3.56. The second-order valence-electron chi connectivity index (χ2n) is 5.89. The van der Waals surface area contributed by atoms with Gasteiger partial charge in [0.25, 0.3) is 0 Å². The van der Waals surface area contributed by atoms with E-state index in [1.807, 2.05) is 49.4 Å². The van der Waals surface area contributed by atoms with E-state index in [0.29, 0.717) is 35.5 Å². The molecule has 0 aliphatic carbocycles. The highest BCUT2D eigenvalue weighted by Crippen LogP contribution is 2.25. The largest absolute Gasteiger partial charge is 0.495 e. The predicted molar refractivity (Wildman–Crippen MR) is 110 cm³/mol. The molecule has 2 aromatic rings. The van der Waals surface area contributed by atoms with Gasteiger partial charge in [0, 0.05) is 25.0 Å². The Balaban J connectivity index is 2.06. The molecule has 0 heterocycles. The number of ether oxygens (including phenoxy) is 1. The molecule has 2 rings (SSSR count). The molecule has 7 heteroatoms. The monoisotopic (exact) mass is 388 g/mol. The molecule has 0 saturated heterocycles. The van der Waals surface area contributed by atoms with E-state index in [-0.39, 0.29) is 5.91 Å². The number of benzene rings is 2. The van der Waals surface area contributed by atoms with Crippen LogP contribution in [0, 0.1) is 0 Å². The molecule has 1 amide bonds. The maximum Gasteiger partial charge on any atom is 0.221 e. The lowest BCUT2D eigenvalue weighted by Crippen LogP contribution is -2.36. The Morgan fingerprint density at radius 1 is 1.15 bits per heavy atom. The van der Waals surface area contributed by atoms with Gasteiger partial charge in [0.05, 0.1) is 19.3 Å². The molecule has 0 unspecified atom stereocenters. The number of aliphatic imine (C=N–C) groups is 1. The third kappa shape index (κ3) is 6.83. The van der Waals surface area contributed by atoms with Crippen molar-refractivity contribution in [2.75, 3.05) is 19.0 Å². The van der Waals surface area contributed by atoms with Gasteiger partial charge >= 0.3 is 0 Å². The molecule has 0 saturated carbocycles. The standard InChI is InChI=1S/C20H25ClN4O2/c1-4-22-20(23-12-15-6-5-7-17(21)10-15)24-13-16-8-9-19(27-3)18(11-16)25-14(2)26/h5-11H,4,12-13H2,1-3H3,(H,25,26)(H2,22,23,24). The van der Waals surface area contributed by atoms with Gasteiger partial charge in [-0.1, -0.05) is 29.8 Å². The molecule has 0 aliphatic rings. The van der Waals surface area contributed by atoms with Crippen molar-refractivity contribution in [1.82, 2.24) is 10.6 Å². The van der Waals surface area contributed by atoms with Crippen LogP contribution < -0.4 is 20.7 Å². The zero-order chi connectivity index (χ0) is 19.6. The van der Waals surface area contributed by atoms with Gasteiger partial charge < -0.3 is 20.7 Å². The number of carbonyl (C=O) groups is 1. The fourth-order valence-electron chi connectivity index (χ4n) is 2.49. The molecule has 0 aliphatic heterocycles. The minimum atomic E-state index is -0.144. The van der Waals surface area contributed by atoms with Crippen molar-refractivity contribution in [3.63, 3.8) is 0 Å². The summed E-state index contributed by atoms with van der Waals surface area (Å²) in [5.41, 5.74) is 2.68. The summed E-state index contributed by atoms with van der Waals surface area (Å²) in [6.45, 7) is 5.31. The third-order valence-corrected chi connectivity index (χ3v) is 3.92. The van der Waals surface area contributed by atoms with Crippen molar-refractivity contribution < 1.29 is 9.53 Å². The van der Waals surface area contributed by atoms with Gasteiger partial charge in [0.2, 0.25) is 5.91 Å². The van der Waals surface area contributed by atoms with Gasteiger partial charge in [0.15, 0.2) is 5.96 Å². The van der Waals surface area contributed by atoms with Crippen LogP contribution in [-0.4, -0.2) is 25.5 Å². The highest BCUT2D eigenvalue weighted by atomic mass is 35.5. The normalized spacial score (nSPS) is 11.0. The summed E-state index contributed by atoms with van der Waals surface area (Å²) in [6, 6.07) is 13.3. The lowest BCUT2D eigenvalue weighted by molar-refractivity contribution is -0.114. The average Bonchev–Trinajstić information content (AvgIpc) is 2.64. The van der Waals surface area contributed by atoms with E-state index in [0.717, 1.165) is 17.7 Å². The van der Waals surface area contributed by atoms with Gasteiger partial charge in [0.1, 0.15) is 5.75 Å². The van der Waals surface area contributed by atoms with E-state index in [2.05, 4.69) is 20.9 Å². The maximum absolute atomic E-state index is 11.4. The average molecular weight is 389 g/mol. The summed E-state index contributed by atoms with van der Waals surface area (Å²) in [5, 5.41) is 9.99. The second-order valence-corrected chi connectivity index (χ2v) is 6.33. The van der Waals surface area contributed by atoms with Gasteiger partial charge in [-0.05, 0) is 42.3 Å². The zero-order valence-electron chi connectivity index (χ0n) is 15.8. The maximum atomic E-state index is 11.4. The Labute approximate surface area is 165 Å². The smallest absolute Gasteiger partial charge is 0.221 e. The van der Waals surface area contributed by atoms with Crippen LogP contribution >= 0.6 is 11.6 Å².